The summed E-state index contributed by atoms with van der Waals surface area (Å²) in [5.74, 6) is 0.120. The summed E-state index contributed by atoms with van der Waals surface area (Å²) in [6.45, 7) is 2.50. The number of ether oxygens (including phenoxy) is 4. The van der Waals surface area contributed by atoms with Gasteiger partial charge in [-0.15, -0.1) is 0 Å². The zero-order valence-electron chi connectivity index (χ0n) is 23.8. The van der Waals surface area contributed by atoms with Crippen LogP contribution in [0.3, 0.4) is 0 Å². The zero-order valence-corrected chi connectivity index (χ0v) is 25.9. The highest BCUT2D eigenvalue weighted by molar-refractivity contribution is 14.1. The number of benzene rings is 4. The first-order valence-corrected chi connectivity index (χ1v) is 14.3. The molecule has 0 spiro atoms. The molecule has 10 nitrogen and oxygen atoms in total. The Labute approximate surface area is 269 Å². The van der Waals surface area contributed by atoms with Crippen LogP contribution in [0.5, 0.6) is 28.7 Å². The molecule has 4 rings (SSSR count). The molecule has 0 bridgehead atoms. The van der Waals surface area contributed by atoms with E-state index in [0.29, 0.717) is 46.0 Å². The summed E-state index contributed by atoms with van der Waals surface area (Å²) >= 11 is 1.88. The summed E-state index contributed by atoms with van der Waals surface area (Å²) in [6, 6.07) is 19.4. The second-order valence-corrected chi connectivity index (χ2v) is 10.3. The van der Waals surface area contributed by atoms with Gasteiger partial charge in [-0.05, 0) is 83.1 Å². The lowest BCUT2D eigenvalue weighted by Gasteiger charge is -2.14. The van der Waals surface area contributed by atoms with E-state index in [0.717, 1.165) is 11.6 Å². The van der Waals surface area contributed by atoms with Crippen LogP contribution >= 0.6 is 22.6 Å². The summed E-state index contributed by atoms with van der Waals surface area (Å²) in [7, 11) is 1.32. The smallest absolute Gasteiger partial charge is 0.416 e. The van der Waals surface area contributed by atoms with Crippen LogP contribution in [0.15, 0.2) is 84.0 Å². The SMILES string of the molecule is CCOc1cc(C(=O)N/N=C/c2cc(I)c(Oc3ccc(C(F)(F)F)cc3[N+](=O)[O-])c(OC)c2)ccc1OCc1ccccc1. The van der Waals surface area contributed by atoms with Crippen molar-refractivity contribution in [2.75, 3.05) is 13.7 Å². The van der Waals surface area contributed by atoms with Crippen molar-refractivity contribution in [3.63, 3.8) is 0 Å². The van der Waals surface area contributed by atoms with Crippen LogP contribution in [0.4, 0.5) is 18.9 Å². The fraction of sp³-hybridized carbons (Fsp3) is 0.161. The van der Waals surface area contributed by atoms with Gasteiger partial charge in [0.15, 0.2) is 23.0 Å². The van der Waals surface area contributed by atoms with Crippen LogP contribution < -0.4 is 24.4 Å². The molecule has 0 aliphatic rings. The minimum atomic E-state index is -4.77. The standard InChI is InChI=1S/C31H25F3IN3O7/c1-3-43-27-15-21(9-11-26(27)44-18-19-7-5-4-6-8-19)30(39)37-36-17-20-13-23(35)29(28(14-20)42-2)45-25-12-10-22(31(32,33)34)16-24(25)38(40)41/h4-17H,3,18H2,1-2H3,(H,37,39)/b36-17+. The number of rotatable bonds is 12. The number of alkyl halides is 3. The maximum atomic E-state index is 13.1. The molecular weight excluding hydrogens is 710 g/mol. The topological polar surface area (TPSA) is 122 Å². The van der Waals surface area contributed by atoms with Gasteiger partial charge in [-0.3, -0.25) is 14.9 Å². The highest BCUT2D eigenvalue weighted by atomic mass is 127. The van der Waals surface area contributed by atoms with E-state index in [1.54, 1.807) is 24.3 Å². The molecule has 4 aromatic carbocycles. The molecule has 1 amide bonds. The van der Waals surface area contributed by atoms with Gasteiger partial charge in [0, 0.05) is 11.6 Å². The van der Waals surface area contributed by atoms with Crippen LogP contribution in [0.2, 0.25) is 0 Å². The summed E-state index contributed by atoms with van der Waals surface area (Å²) < 4.78 is 62.2. The Balaban J connectivity index is 1.48. The van der Waals surface area contributed by atoms with Crippen molar-refractivity contribution < 1.29 is 41.8 Å². The number of methoxy groups -OCH3 is 1. The number of nitro benzene ring substituents is 1. The number of carbonyl (C=O) groups excluding carboxylic acids is 1. The Kier molecular flexibility index (Phi) is 10.8. The van der Waals surface area contributed by atoms with Crippen molar-refractivity contribution in [3.05, 3.63) is 115 Å². The van der Waals surface area contributed by atoms with Gasteiger partial charge >= 0.3 is 11.9 Å². The highest BCUT2D eigenvalue weighted by Crippen LogP contribution is 2.42. The van der Waals surface area contributed by atoms with Crippen molar-refractivity contribution in [2.24, 2.45) is 5.10 Å². The molecule has 0 fully saturated rings. The Morgan fingerprint density at radius 1 is 0.978 bits per heavy atom. The van der Waals surface area contributed by atoms with Crippen LogP contribution in [-0.2, 0) is 12.8 Å². The minimum Gasteiger partial charge on any atom is -0.493 e. The van der Waals surface area contributed by atoms with E-state index in [9.17, 15) is 28.1 Å². The second kappa shape index (κ2) is 14.7. The van der Waals surface area contributed by atoms with Gasteiger partial charge in [0.25, 0.3) is 5.91 Å². The van der Waals surface area contributed by atoms with Crippen molar-refractivity contribution in [1.82, 2.24) is 5.43 Å². The van der Waals surface area contributed by atoms with E-state index in [4.69, 9.17) is 18.9 Å². The monoisotopic (exact) mass is 735 g/mol. The number of hydrogen-bond acceptors (Lipinski definition) is 8. The van der Waals surface area contributed by atoms with Gasteiger partial charge in [-0.1, -0.05) is 30.3 Å². The molecule has 14 heteroatoms. The Hall–Kier alpha value is -4.86. The number of halogens is 4. The molecular formula is C31H25F3IN3O7. The van der Waals surface area contributed by atoms with E-state index in [1.807, 2.05) is 59.8 Å². The Morgan fingerprint density at radius 3 is 2.38 bits per heavy atom. The van der Waals surface area contributed by atoms with Crippen molar-refractivity contribution in [2.45, 2.75) is 19.7 Å². The first-order chi connectivity index (χ1) is 21.5. The molecule has 0 radical (unpaired) electrons. The summed E-state index contributed by atoms with van der Waals surface area (Å²) in [6.07, 6.45) is -3.43. The van der Waals surface area contributed by atoms with Crippen LogP contribution in [0.1, 0.15) is 34.0 Å². The number of nitro groups is 1. The van der Waals surface area contributed by atoms with Gasteiger partial charge in [-0.25, -0.2) is 5.43 Å². The Morgan fingerprint density at radius 2 is 1.71 bits per heavy atom. The van der Waals surface area contributed by atoms with Gasteiger partial charge < -0.3 is 18.9 Å². The molecule has 0 saturated heterocycles. The van der Waals surface area contributed by atoms with Gasteiger partial charge in [-0.2, -0.15) is 18.3 Å². The molecule has 0 saturated carbocycles. The third-order valence-corrected chi connectivity index (χ3v) is 6.87. The number of hydrazone groups is 1. The Bertz CT molecular complexity index is 1720. The second-order valence-electron chi connectivity index (χ2n) is 9.14. The normalized spacial score (nSPS) is 11.2. The van der Waals surface area contributed by atoms with Crippen LogP contribution in [0.25, 0.3) is 0 Å². The van der Waals surface area contributed by atoms with Crippen molar-refractivity contribution in [3.8, 4) is 28.7 Å². The summed E-state index contributed by atoms with van der Waals surface area (Å²) in [5, 5.41) is 15.5. The van der Waals surface area contributed by atoms with E-state index < -0.39 is 34.0 Å². The minimum absolute atomic E-state index is 0.0418. The number of carbonyl (C=O) groups is 1. The lowest BCUT2D eigenvalue weighted by Crippen LogP contribution is -2.17. The molecule has 0 aliphatic heterocycles. The molecule has 0 heterocycles. The first kappa shape index (κ1) is 33.0. The third kappa shape index (κ3) is 8.62. The van der Waals surface area contributed by atoms with Crippen LogP contribution in [-0.4, -0.2) is 30.8 Å². The number of nitrogens with zero attached hydrogens (tertiary/aromatic N) is 2. The lowest BCUT2D eigenvalue weighted by atomic mass is 10.1. The quantitative estimate of drug-likeness (QED) is 0.0684. The van der Waals surface area contributed by atoms with Crippen molar-refractivity contribution >= 4 is 40.4 Å². The number of hydrogen-bond donors (Lipinski definition) is 1. The molecule has 1 N–H and O–H groups in total. The maximum absolute atomic E-state index is 13.1. The van der Waals surface area contributed by atoms with E-state index in [2.05, 4.69) is 10.5 Å². The largest absolute Gasteiger partial charge is 0.493 e. The fourth-order valence-electron chi connectivity index (χ4n) is 3.95. The molecule has 0 aromatic heterocycles. The van der Waals surface area contributed by atoms with Crippen LogP contribution in [0, 0.1) is 13.7 Å². The van der Waals surface area contributed by atoms with E-state index in [-0.39, 0.29) is 17.1 Å². The van der Waals surface area contributed by atoms with E-state index >= 15 is 0 Å². The molecule has 0 unspecified atom stereocenters. The molecule has 4 aromatic rings. The molecule has 0 atom stereocenters. The average molecular weight is 735 g/mol. The first-order valence-electron chi connectivity index (χ1n) is 13.2. The number of amides is 1. The third-order valence-electron chi connectivity index (χ3n) is 6.07. The number of nitrogens with one attached hydrogen (secondary N) is 1. The molecule has 0 aliphatic carbocycles. The molecule has 45 heavy (non-hydrogen) atoms. The van der Waals surface area contributed by atoms with Crippen molar-refractivity contribution in [1.29, 1.82) is 0 Å². The summed E-state index contributed by atoms with van der Waals surface area (Å²) in [4.78, 5) is 23.3. The van der Waals surface area contributed by atoms with Gasteiger partial charge in [0.05, 0.1) is 34.0 Å². The lowest BCUT2D eigenvalue weighted by molar-refractivity contribution is -0.385. The summed E-state index contributed by atoms with van der Waals surface area (Å²) in [5.41, 5.74) is 2.10. The molecule has 234 valence electrons. The predicted octanol–water partition coefficient (Wildman–Crippen LogP) is 7.76. The zero-order chi connectivity index (χ0) is 32.6. The highest BCUT2D eigenvalue weighted by Gasteiger charge is 2.33. The van der Waals surface area contributed by atoms with Gasteiger partial charge in [0.1, 0.15) is 6.61 Å². The van der Waals surface area contributed by atoms with E-state index in [1.165, 1.54) is 19.4 Å². The fourth-order valence-corrected chi connectivity index (χ4v) is 4.68. The predicted molar refractivity (Wildman–Crippen MR) is 167 cm³/mol. The van der Waals surface area contributed by atoms with Gasteiger partial charge in [0.2, 0.25) is 5.75 Å². The average Bonchev–Trinajstić information content (AvgIpc) is 3.01. The maximum Gasteiger partial charge on any atom is 0.416 e.